The molecule has 0 heterocycles. The summed E-state index contributed by atoms with van der Waals surface area (Å²) in [5.74, 6) is -2.92. The van der Waals surface area contributed by atoms with Crippen LogP contribution in [0, 0.1) is 0 Å². The number of carbonyl (C=O) groups is 5. The molecule has 6 aromatic rings. The van der Waals surface area contributed by atoms with E-state index in [1.165, 1.54) is 6.92 Å². The smallest absolute Gasteiger partial charge is 0.408 e. The molecule has 0 aromatic heterocycles. The van der Waals surface area contributed by atoms with Gasteiger partial charge in [-0.1, -0.05) is 170 Å². The zero-order valence-electron chi connectivity index (χ0n) is 37.3. The van der Waals surface area contributed by atoms with Gasteiger partial charge in [0.25, 0.3) is 0 Å². The molecule has 12 nitrogen and oxygen atoms in total. The number of alkyl carbamates (subject to hydrolysis) is 2. The van der Waals surface area contributed by atoms with Gasteiger partial charge in [-0.3, -0.25) is 4.79 Å². The van der Waals surface area contributed by atoms with E-state index in [4.69, 9.17) is 18.9 Å². The van der Waals surface area contributed by atoms with Crippen LogP contribution in [-0.4, -0.2) is 60.4 Å². The number of fused-ring (bicyclic) bond motifs is 3. The Morgan fingerprint density at radius 1 is 0.561 bits per heavy atom. The molecule has 1 aliphatic rings. The molecule has 0 fully saturated rings. The number of hydrogen-bond donors (Lipinski definition) is 3. The third kappa shape index (κ3) is 11.1. The minimum absolute atomic E-state index is 0.0709. The zero-order chi connectivity index (χ0) is 46.7. The van der Waals surface area contributed by atoms with Gasteiger partial charge in [0.1, 0.15) is 36.5 Å². The molecule has 0 saturated carbocycles. The molecule has 338 valence electrons. The molecule has 7 rings (SSSR count). The lowest BCUT2D eigenvalue weighted by Gasteiger charge is -2.37. The first-order chi connectivity index (χ1) is 31.8. The van der Waals surface area contributed by atoms with E-state index in [1.54, 1.807) is 45.0 Å². The predicted octanol–water partition coefficient (Wildman–Crippen LogP) is 8.96. The SMILES string of the molecule is C[C@@H](OC(=O)[C@@H](CC(=O)NC(c1ccccc1)(c1ccccc1)c1ccccc1)NC(=O)OCC1c2ccccc2-c2ccccc21)[C@H](NC(=O)OC(C)(C)C)C(=O)OCc1ccccc1. The van der Waals surface area contributed by atoms with Crippen LogP contribution in [0.1, 0.15) is 73.4 Å². The van der Waals surface area contributed by atoms with E-state index in [0.717, 1.165) is 38.9 Å². The lowest BCUT2D eigenvalue weighted by atomic mass is 9.77. The minimum atomic E-state index is -1.65. The van der Waals surface area contributed by atoms with E-state index in [0.29, 0.717) is 5.56 Å². The van der Waals surface area contributed by atoms with E-state index in [2.05, 4.69) is 16.0 Å². The quantitative estimate of drug-likeness (QED) is 0.0490. The molecule has 66 heavy (non-hydrogen) atoms. The average Bonchev–Trinajstić information content (AvgIpc) is 3.64. The largest absolute Gasteiger partial charge is 0.459 e. The van der Waals surface area contributed by atoms with Crippen molar-refractivity contribution < 1.29 is 42.9 Å². The molecule has 6 aromatic carbocycles. The molecular formula is C54H53N3O9. The lowest BCUT2D eigenvalue weighted by molar-refractivity contribution is -0.160. The summed E-state index contributed by atoms with van der Waals surface area (Å²) in [5, 5.41) is 8.30. The van der Waals surface area contributed by atoms with Gasteiger partial charge in [-0.15, -0.1) is 0 Å². The van der Waals surface area contributed by atoms with Crippen molar-refractivity contribution in [3.8, 4) is 11.1 Å². The summed E-state index contributed by atoms with van der Waals surface area (Å²) in [6.45, 7) is 6.16. The number of ether oxygens (including phenoxy) is 4. The molecule has 3 N–H and O–H groups in total. The molecule has 0 bridgehead atoms. The number of hydrogen-bond acceptors (Lipinski definition) is 9. The summed E-state index contributed by atoms with van der Waals surface area (Å²) in [6.07, 6.45) is -3.95. The highest BCUT2D eigenvalue weighted by atomic mass is 16.6. The summed E-state index contributed by atoms with van der Waals surface area (Å²) in [7, 11) is 0. The second-order valence-electron chi connectivity index (χ2n) is 17.0. The van der Waals surface area contributed by atoms with Gasteiger partial charge in [0, 0.05) is 5.92 Å². The fourth-order valence-corrected chi connectivity index (χ4v) is 8.16. The Morgan fingerprint density at radius 3 is 1.53 bits per heavy atom. The predicted molar refractivity (Wildman–Crippen MR) is 249 cm³/mol. The number of esters is 2. The van der Waals surface area contributed by atoms with Gasteiger partial charge < -0.3 is 34.9 Å². The molecular weight excluding hydrogens is 835 g/mol. The summed E-state index contributed by atoms with van der Waals surface area (Å²) >= 11 is 0. The minimum Gasteiger partial charge on any atom is -0.459 e. The summed E-state index contributed by atoms with van der Waals surface area (Å²) in [4.78, 5) is 69.7. The van der Waals surface area contributed by atoms with Crippen LogP contribution in [0.5, 0.6) is 0 Å². The first-order valence-electron chi connectivity index (χ1n) is 21.8. The van der Waals surface area contributed by atoms with E-state index in [-0.39, 0.29) is 19.1 Å². The van der Waals surface area contributed by atoms with Gasteiger partial charge in [-0.2, -0.15) is 0 Å². The van der Waals surface area contributed by atoms with Crippen molar-refractivity contribution in [2.75, 3.05) is 6.61 Å². The lowest BCUT2D eigenvalue weighted by Crippen LogP contribution is -2.54. The highest BCUT2D eigenvalue weighted by Crippen LogP contribution is 2.44. The number of benzene rings is 6. The maximum atomic E-state index is 14.7. The Hall–Kier alpha value is -7.73. The van der Waals surface area contributed by atoms with E-state index < -0.39 is 65.8 Å². The summed E-state index contributed by atoms with van der Waals surface area (Å²) < 4.78 is 22.7. The second kappa shape index (κ2) is 20.8. The van der Waals surface area contributed by atoms with Crippen LogP contribution >= 0.6 is 0 Å². The highest BCUT2D eigenvalue weighted by molar-refractivity contribution is 5.90. The Balaban J connectivity index is 1.17. The number of rotatable bonds is 16. The summed E-state index contributed by atoms with van der Waals surface area (Å²) in [5.41, 5.74) is 4.74. The van der Waals surface area contributed by atoms with Crippen LogP contribution in [0.2, 0.25) is 0 Å². The van der Waals surface area contributed by atoms with Crippen molar-refractivity contribution in [1.82, 2.24) is 16.0 Å². The van der Waals surface area contributed by atoms with Crippen molar-refractivity contribution in [3.63, 3.8) is 0 Å². The average molecular weight is 888 g/mol. The third-order valence-electron chi connectivity index (χ3n) is 11.2. The first-order valence-corrected chi connectivity index (χ1v) is 21.8. The second-order valence-corrected chi connectivity index (χ2v) is 17.0. The van der Waals surface area contributed by atoms with Crippen LogP contribution in [0.25, 0.3) is 11.1 Å². The Kier molecular flexibility index (Phi) is 14.6. The normalized spacial score (nSPS) is 13.4. The van der Waals surface area contributed by atoms with Crippen molar-refractivity contribution in [1.29, 1.82) is 0 Å². The van der Waals surface area contributed by atoms with Crippen molar-refractivity contribution >= 4 is 30.0 Å². The Labute approximate surface area is 384 Å². The zero-order valence-corrected chi connectivity index (χ0v) is 37.3. The van der Waals surface area contributed by atoms with Gasteiger partial charge in [0.15, 0.2) is 6.04 Å². The van der Waals surface area contributed by atoms with Crippen LogP contribution in [0.15, 0.2) is 170 Å². The molecule has 0 spiro atoms. The van der Waals surface area contributed by atoms with Crippen molar-refractivity contribution in [2.24, 2.45) is 0 Å². The van der Waals surface area contributed by atoms with Crippen LogP contribution in [0.4, 0.5) is 9.59 Å². The van der Waals surface area contributed by atoms with E-state index in [9.17, 15) is 24.0 Å². The maximum absolute atomic E-state index is 14.7. The molecule has 3 amide bonds. The Morgan fingerprint density at radius 2 is 1.03 bits per heavy atom. The fraction of sp³-hybridized carbons (Fsp3) is 0.241. The van der Waals surface area contributed by atoms with Gasteiger partial charge >= 0.3 is 24.1 Å². The van der Waals surface area contributed by atoms with Crippen LogP contribution in [-0.2, 0) is 45.5 Å². The highest BCUT2D eigenvalue weighted by Gasteiger charge is 2.41. The maximum Gasteiger partial charge on any atom is 0.408 e. The summed E-state index contributed by atoms with van der Waals surface area (Å²) in [6, 6.07) is 49.7. The van der Waals surface area contributed by atoms with Gasteiger partial charge in [-0.25, -0.2) is 19.2 Å². The fourth-order valence-electron chi connectivity index (χ4n) is 8.16. The molecule has 3 atom stereocenters. The molecule has 0 unspecified atom stereocenters. The van der Waals surface area contributed by atoms with E-state index in [1.807, 2.05) is 146 Å². The van der Waals surface area contributed by atoms with Crippen molar-refractivity contribution in [3.05, 3.63) is 203 Å². The monoisotopic (exact) mass is 887 g/mol. The molecule has 0 aliphatic heterocycles. The molecule has 0 saturated heterocycles. The van der Waals surface area contributed by atoms with Crippen LogP contribution < -0.4 is 16.0 Å². The van der Waals surface area contributed by atoms with Gasteiger partial charge in [-0.05, 0) is 72.2 Å². The molecule has 1 aliphatic carbocycles. The van der Waals surface area contributed by atoms with E-state index >= 15 is 0 Å². The first kappa shape index (κ1) is 46.3. The van der Waals surface area contributed by atoms with Gasteiger partial charge in [0.05, 0.1) is 6.42 Å². The Bertz CT molecular complexity index is 2480. The van der Waals surface area contributed by atoms with Gasteiger partial charge in [0.2, 0.25) is 5.91 Å². The molecule has 12 heteroatoms. The number of amides is 3. The van der Waals surface area contributed by atoms with Crippen LogP contribution in [0.3, 0.4) is 0 Å². The topological polar surface area (TPSA) is 158 Å². The third-order valence-corrected chi connectivity index (χ3v) is 11.2. The number of carbonyl (C=O) groups excluding carboxylic acids is 5. The van der Waals surface area contributed by atoms with Crippen molar-refractivity contribution in [2.45, 2.75) is 76.0 Å². The molecule has 0 radical (unpaired) electrons. The number of nitrogens with one attached hydrogen (secondary N) is 3. The standard InChI is InChI=1S/C54H53N3O9/c1-36(48(56-52(62)66-53(2,3)4)50(60)63-34-37-21-9-5-10-22-37)65-49(59)46(55-51(61)64-35-45-43-31-19-17-29-41(43)42-30-18-20-32-44(42)45)33-47(58)57-54(38-23-11-6-12-24-38,39-25-13-7-14-26-39)40-27-15-8-16-28-40/h5-32,36,45-46,48H,33-35H2,1-4H3,(H,55,61)(H,56,62)(H,57,58)/t36-,46-,48+/m1/s1.